The summed E-state index contributed by atoms with van der Waals surface area (Å²) in [6.45, 7) is 1.67. The summed E-state index contributed by atoms with van der Waals surface area (Å²) in [5.74, 6) is -0.861. The van der Waals surface area contributed by atoms with Crippen LogP contribution < -0.4 is 5.32 Å². The van der Waals surface area contributed by atoms with Gasteiger partial charge in [0.2, 0.25) is 0 Å². The number of nitrogens with zero attached hydrogens (tertiary/aromatic N) is 1. The van der Waals surface area contributed by atoms with Gasteiger partial charge in [0, 0.05) is 5.02 Å². The zero-order valence-corrected chi connectivity index (χ0v) is 14.8. The molecule has 6 nitrogen and oxygen atoms in total. The molecule has 1 aliphatic carbocycles. The van der Waals surface area contributed by atoms with E-state index in [4.69, 9.17) is 16.3 Å². The van der Waals surface area contributed by atoms with E-state index < -0.39 is 17.5 Å². The van der Waals surface area contributed by atoms with E-state index in [9.17, 15) is 14.4 Å². The number of carbonyl (C=O) groups excluding carboxylic acids is 3. The highest BCUT2D eigenvalue weighted by molar-refractivity contribution is 6.30. The second-order valence-corrected chi connectivity index (χ2v) is 7.16. The molecule has 7 heteroatoms. The highest BCUT2D eigenvalue weighted by atomic mass is 35.5. The Morgan fingerprint density at radius 3 is 2.72 bits per heavy atom. The number of hydrogen-bond acceptors (Lipinski definition) is 4. The largest absolute Gasteiger partial charge is 0.459 e. The summed E-state index contributed by atoms with van der Waals surface area (Å²) in [6, 6.07) is 6.40. The number of hydrogen-bond donors (Lipinski definition) is 1. The van der Waals surface area contributed by atoms with Crippen LogP contribution in [0.25, 0.3) is 0 Å². The predicted molar refractivity (Wildman–Crippen MR) is 91.9 cm³/mol. The van der Waals surface area contributed by atoms with E-state index >= 15 is 0 Å². The number of rotatable bonds is 4. The van der Waals surface area contributed by atoms with Crippen LogP contribution >= 0.6 is 11.6 Å². The molecule has 3 rings (SSSR count). The molecule has 134 valence electrons. The molecule has 1 spiro atoms. The second-order valence-electron chi connectivity index (χ2n) is 6.73. The normalized spacial score (nSPS) is 26.0. The Labute approximate surface area is 151 Å². The van der Waals surface area contributed by atoms with Crippen molar-refractivity contribution in [3.8, 4) is 0 Å². The van der Waals surface area contributed by atoms with Gasteiger partial charge >= 0.3 is 12.0 Å². The van der Waals surface area contributed by atoms with Crippen LogP contribution in [0.3, 0.4) is 0 Å². The minimum absolute atomic E-state index is 0.0628. The molecule has 1 saturated carbocycles. The van der Waals surface area contributed by atoms with Gasteiger partial charge in [0.25, 0.3) is 5.91 Å². The Balaban J connectivity index is 1.60. The van der Waals surface area contributed by atoms with Crippen molar-refractivity contribution in [3.05, 3.63) is 34.9 Å². The standard InChI is InChI=1S/C18H21ClN2O4/c1-12-4-2-3-9-18(12)16(23)21(17(24)20-18)10-15(22)25-11-13-5-7-14(19)8-6-13/h5-8,12H,2-4,9-11H2,1H3,(H,20,24)/t12-,18-/m0/s1. The van der Waals surface area contributed by atoms with Crippen molar-refractivity contribution in [2.75, 3.05) is 6.54 Å². The molecule has 2 aliphatic rings. The third-order valence-electron chi connectivity index (χ3n) is 5.10. The van der Waals surface area contributed by atoms with Crippen molar-refractivity contribution in [3.63, 3.8) is 0 Å². The zero-order chi connectivity index (χ0) is 18.0. The minimum Gasteiger partial charge on any atom is -0.459 e. The fourth-order valence-corrected chi connectivity index (χ4v) is 3.68. The Kier molecular flexibility index (Phi) is 4.99. The predicted octanol–water partition coefficient (Wildman–Crippen LogP) is 2.88. The number of urea groups is 1. The SMILES string of the molecule is C[C@H]1CCCC[C@]12NC(=O)N(CC(=O)OCc1ccc(Cl)cc1)C2=O. The molecule has 1 heterocycles. The molecule has 0 bridgehead atoms. The van der Waals surface area contributed by atoms with E-state index in [-0.39, 0.29) is 25.0 Å². The Morgan fingerprint density at radius 1 is 1.32 bits per heavy atom. The van der Waals surface area contributed by atoms with E-state index in [2.05, 4.69) is 5.32 Å². The lowest BCUT2D eigenvalue weighted by atomic mass is 9.73. The van der Waals surface area contributed by atoms with Gasteiger partial charge in [-0.3, -0.25) is 14.5 Å². The lowest BCUT2D eigenvalue weighted by Gasteiger charge is -2.36. The molecule has 2 fully saturated rings. The van der Waals surface area contributed by atoms with Crippen molar-refractivity contribution in [2.24, 2.45) is 5.92 Å². The maximum atomic E-state index is 12.8. The van der Waals surface area contributed by atoms with E-state index in [1.807, 2.05) is 6.92 Å². The second kappa shape index (κ2) is 7.04. The van der Waals surface area contributed by atoms with E-state index in [0.29, 0.717) is 11.4 Å². The van der Waals surface area contributed by atoms with Gasteiger partial charge in [-0.2, -0.15) is 0 Å². The van der Waals surface area contributed by atoms with Crippen molar-refractivity contribution < 1.29 is 19.1 Å². The molecule has 2 atom stereocenters. The van der Waals surface area contributed by atoms with Gasteiger partial charge in [0.15, 0.2) is 0 Å². The molecular formula is C18H21ClN2O4. The summed E-state index contributed by atoms with van der Waals surface area (Å²) >= 11 is 5.81. The summed E-state index contributed by atoms with van der Waals surface area (Å²) in [4.78, 5) is 38.0. The highest BCUT2D eigenvalue weighted by Crippen LogP contribution is 2.38. The first-order valence-corrected chi connectivity index (χ1v) is 8.84. The van der Waals surface area contributed by atoms with Gasteiger partial charge in [0.1, 0.15) is 18.7 Å². The number of halogens is 1. The molecular weight excluding hydrogens is 344 g/mol. The molecule has 0 unspecified atom stereocenters. The van der Waals surface area contributed by atoms with E-state index in [0.717, 1.165) is 29.7 Å². The van der Waals surface area contributed by atoms with E-state index in [1.54, 1.807) is 24.3 Å². The maximum Gasteiger partial charge on any atom is 0.326 e. The Bertz CT molecular complexity index is 691. The summed E-state index contributed by atoms with van der Waals surface area (Å²) in [5.41, 5.74) is -0.0708. The van der Waals surface area contributed by atoms with Crippen LogP contribution in [-0.4, -0.2) is 34.9 Å². The van der Waals surface area contributed by atoms with Gasteiger partial charge in [-0.1, -0.05) is 43.5 Å². The lowest BCUT2D eigenvalue weighted by Crippen LogP contribution is -2.54. The lowest BCUT2D eigenvalue weighted by molar-refractivity contribution is -0.149. The van der Waals surface area contributed by atoms with Crippen molar-refractivity contribution in [1.82, 2.24) is 10.2 Å². The molecule has 0 aromatic heterocycles. The average Bonchev–Trinajstić information content (AvgIpc) is 2.82. The van der Waals surface area contributed by atoms with Crippen LogP contribution in [0.1, 0.15) is 38.2 Å². The van der Waals surface area contributed by atoms with Crippen molar-refractivity contribution >= 4 is 29.5 Å². The number of amides is 3. The molecule has 1 N–H and O–H groups in total. The number of esters is 1. The highest BCUT2D eigenvalue weighted by Gasteiger charge is 2.55. The van der Waals surface area contributed by atoms with Gasteiger partial charge < -0.3 is 10.1 Å². The summed E-state index contributed by atoms with van der Waals surface area (Å²) < 4.78 is 5.17. The molecule has 3 amide bonds. The topological polar surface area (TPSA) is 75.7 Å². The molecule has 0 radical (unpaired) electrons. The average molecular weight is 365 g/mol. The first-order valence-electron chi connectivity index (χ1n) is 8.46. The Hall–Kier alpha value is -2.08. The van der Waals surface area contributed by atoms with Gasteiger partial charge in [0.05, 0.1) is 0 Å². The number of ether oxygens (including phenoxy) is 1. The molecule has 25 heavy (non-hydrogen) atoms. The smallest absolute Gasteiger partial charge is 0.326 e. The van der Waals surface area contributed by atoms with E-state index in [1.165, 1.54) is 0 Å². The maximum absolute atomic E-state index is 12.8. The first-order chi connectivity index (χ1) is 11.9. The summed E-state index contributed by atoms with van der Waals surface area (Å²) in [7, 11) is 0. The monoisotopic (exact) mass is 364 g/mol. The van der Waals surface area contributed by atoms with Crippen LogP contribution in [0, 0.1) is 5.92 Å². The fourth-order valence-electron chi connectivity index (χ4n) is 3.56. The molecule has 1 aromatic rings. The molecule has 1 aliphatic heterocycles. The number of carbonyl (C=O) groups is 3. The minimum atomic E-state index is -0.855. The van der Waals surface area contributed by atoms with Gasteiger partial charge in [-0.05, 0) is 36.5 Å². The van der Waals surface area contributed by atoms with Gasteiger partial charge in [-0.25, -0.2) is 4.79 Å². The molecule has 1 saturated heterocycles. The van der Waals surface area contributed by atoms with Crippen molar-refractivity contribution in [1.29, 1.82) is 0 Å². The van der Waals surface area contributed by atoms with Crippen LogP contribution in [0.5, 0.6) is 0 Å². The third kappa shape index (κ3) is 3.49. The first kappa shape index (κ1) is 17.7. The van der Waals surface area contributed by atoms with Crippen LogP contribution in [0.4, 0.5) is 4.79 Å². The number of imide groups is 1. The Morgan fingerprint density at radius 2 is 2.04 bits per heavy atom. The van der Waals surface area contributed by atoms with Crippen LogP contribution in [0.15, 0.2) is 24.3 Å². The summed E-state index contributed by atoms with van der Waals surface area (Å²) in [5, 5.41) is 3.42. The summed E-state index contributed by atoms with van der Waals surface area (Å²) in [6.07, 6.45) is 3.45. The van der Waals surface area contributed by atoms with Crippen LogP contribution in [0.2, 0.25) is 5.02 Å². The zero-order valence-electron chi connectivity index (χ0n) is 14.1. The fraction of sp³-hybridized carbons (Fsp3) is 0.500. The van der Waals surface area contributed by atoms with Crippen molar-refractivity contribution in [2.45, 2.75) is 44.8 Å². The number of benzene rings is 1. The quantitative estimate of drug-likeness (QED) is 0.658. The number of nitrogens with one attached hydrogen (secondary N) is 1. The third-order valence-corrected chi connectivity index (χ3v) is 5.35. The van der Waals surface area contributed by atoms with Crippen LogP contribution in [-0.2, 0) is 20.9 Å². The van der Waals surface area contributed by atoms with Gasteiger partial charge in [-0.15, -0.1) is 0 Å². The molecule has 1 aromatic carbocycles.